The highest BCUT2D eigenvalue weighted by molar-refractivity contribution is 5.54. The van der Waals surface area contributed by atoms with Crippen molar-refractivity contribution in [3.05, 3.63) is 41.0 Å². The minimum absolute atomic E-state index is 0.144. The molecule has 1 aromatic carbocycles. The van der Waals surface area contributed by atoms with Crippen molar-refractivity contribution in [2.45, 2.75) is 32.1 Å². The largest absolute Gasteiger partial charge is 0.392 e. The van der Waals surface area contributed by atoms with Crippen molar-refractivity contribution in [3.63, 3.8) is 0 Å². The topological polar surface area (TPSA) is 44.0 Å². The van der Waals surface area contributed by atoms with Crippen LogP contribution in [-0.2, 0) is 0 Å². The van der Waals surface area contributed by atoms with Gasteiger partial charge in [-0.25, -0.2) is 0 Å². The number of nitriles is 1. The molecule has 0 aliphatic heterocycles. The molecule has 0 radical (unpaired) electrons. The van der Waals surface area contributed by atoms with Gasteiger partial charge in [-0.3, -0.25) is 0 Å². The van der Waals surface area contributed by atoms with Crippen molar-refractivity contribution in [1.29, 1.82) is 5.26 Å². The van der Waals surface area contributed by atoms with Crippen LogP contribution in [0.2, 0.25) is 0 Å². The van der Waals surface area contributed by atoms with Crippen molar-refractivity contribution in [2.75, 3.05) is 6.61 Å². The zero-order valence-electron chi connectivity index (χ0n) is 10.6. The summed E-state index contributed by atoms with van der Waals surface area (Å²) in [6.07, 6.45) is 8.35. The lowest BCUT2D eigenvalue weighted by Crippen LogP contribution is -2.11. The van der Waals surface area contributed by atoms with Crippen LogP contribution in [0.25, 0.3) is 6.08 Å². The zero-order valence-corrected chi connectivity index (χ0v) is 10.6. The molecule has 0 aromatic heterocycles. The van der Waals surface area contributed by atoms with E-state index in [9.17, 15) is 5.11 Å². The average Bonchev–Trinajstić information content (AvgIpc) is 2.46. The summed E-state index contributed by atoms with van der Waals surface area (Å²) in [5.41, 5.74) is 2.89. The van der Waals surface area contributed by atoms with Crippen LogP contribution < -0.4 is 0 Å². The maximum Gasteiger partial charge on any atom is 0.0991 e. The monoisotopic (exact) mass is 241 g/mol. The van der Waals surface area contributed by atoms with Crippen molar-refractivity contribution in [3.8, 4) is 6.07 Å². The van der Waals surface area contributed by atoms with Gasteiger partial charge in [0, 0.05) is 0 Å². The number of hydrogen-bond acceptors (Lipinski definition) is 2. The van der Waals surface area contributed by atoms with Gasteiger partial charge in [-0.15, -0.1) is 0 Å². The molecule has 2 rings (SSSR count). The molecule has 0 atom stereocenters. The summed E-state index contributed by atoms with van der Waals surface area (Å²) in [6, 6.07) is 9.64. The Labute approximate surface area is 109 Å². The van der Waals surface area contributed by atoms with Crippen LogP contribution in [0.1, 0.15) is 43.2 Å². The standard InChI is InChI=1S/C16H19NO/c17-11-14-8-6-13(7-9-14)10-16(12-18)15-4-2-1-3-5-15/h6-10,15,18H,1-5,12H2. The lowest BCUT2D eigenvalue weighted by atomic mass is 9.83. The first-order valence-electron chi connectivity index (χ1n) is 6.65. The van der Waals surface area contributed by atoms with E-state index in [0.29, 0.717) is 11.5 Å². The molecule has 0 spiro atoms. The maximum atomic E-state index is 9.52. The van der Waals surface area contributed by atoms with Gasteiger partial charge in [0.15, 0.2) is 0 Å². The number of nitrogens with zero attached hydrogens (tertiary/aromatic N) is 1. The lowest BCUT2D eigenvalue weighted by Gasteiger charge is -2.23. The van der Waals surface area contributed by atoms with E-state index in [1.54, 1.807) is 0 Å². The molecule has 1 aromatic rings. The van der Waals surface area contributed by atoms with E-state index in [-0.39, 0.29) is 6.61 Å². The van der Waals surface area contributed by atoms with E-state index >= 15 is 0 Å². The van der Waals surface area contributed by atoms with Crippen LogP contribution >= 0.6 is 0 Å². The van der Waals surface area contributed by atoms with E-state index < -0.39 is 0 Å². The Morgan fingerprint density at radius 1 is 1.22 bits per heavy atom. The molecule has 1 aliphatic carbocycles. The molecule has 0 saturated heterocycles. The van der Waals surface area contributed by atoms with Crippen LogP contribution in [0.15, 0.2) is 29.8 Å². The van der Waals surface area contributed by atoms with E-state index in [2.05, 4.69) is 12.1 Å². The molecule has 18 heavy (non-hydrogen) atoms. The molecule has 1 aliphatic rings. The molecule has 94 valence electrons. The molecule has 0 amide bonds. The van der Waals surface area contributed by atoms with Crippen LogP contribution in [0.4, 0.5) is 0 Å². The second-order valence-corrected chi connectivity index (χ2v) is 4.95. The summed E-state index contributed by atoms with van der Waals surface area (Å²) in [6.45, 7) is 0.144. The van der Waals surface area contributed by atoms with Crippen LogP contribution in [-0.4, -0.2) is 11.7 Å². The first kappa shape index (κ1) is 12.9. The van der Waals surface area contributed by atoms with Gasteiger partial charge < -0.3 is 5.11 Å². The van der Waals surface area contributed by atoms with Crippen LogP contribution in [0, 0.1) is 17.2 Å². The fourth-order valence-electron chi connectivity index (χ4n) is 2.63. The minimum atomic E-state index is 0.144. The third-order valence-electron chi connectivity index (χ3n) is 3.70. The first-order chi connectivity index (χ1) is 8.83. The number of aliphatic hydroxyl groups is 1. The normalized spacial score (nSPS) is 17.4. The molecule has 0 bridgehead atoms. The number of benzene rings is 1. The van der Waals surface area contributed by atoms with Gasteiger partial charge in [0.25, 0.3) is 0 Å². The minimum Gasteiger partial charge on any atom is -0.392 e. The number of rotatable bonds is 3. The van der Waals surface area contributed by atoms with Gasteiger partial charge in [0.1, 0.15) is 0 Å². The predicted molar refractivity (Wildman–Crippen MR) is 72.8 cm³/mol. The SMILES string of the molecule is N#Cc1ccc(C=C(CO)C2CCCCC2)cc1. The van der Waals surface area contributed by atoms with Gasteiger partial charge >= 0.3 is 0 Å². The average molecular weight is 241 g/mol. The quantitative estimate of drug-likeness (QED) is 0.880. The Balaban J connectivity index is 2.14. The predicted octanol–water partition coefficient (Wildman–Crippen LogP) is 3.51. The summed E-state index contributed by atoms with van der Waals surface area (Å²) in [7, 11) is 0. The number of aliphatic hydroxyl groups excluding tert-OH is 1. The van der Waals surface area contributed by atoms with E-state index in [4.69, 9.17) is 5.26 Å². The molecule has 2 nitrogen and oxygen atoms in total. The Morgan fingerprint density at radius 2 is 1.89 bits per heavy atom. The van der Waals surface area contributed by atoms with E-state index in [1.165, 1.54) is 32.1 Å². The molecular formula is C16H19NO. The summed E-state index contributed by atoms with van der Waals surface area (Å²) < 4.78 is 0. The van der Waals surface area contributed by atoms with Crippen molar-refractivity contribution in [1.82, 2.24) is 0 Å². The van der Waals surface area contributed by atoms with Gasteiger partial charge in [-0.1, -0.05) is 37.5 Å². The third-order valence-corrected chi connectivity index (χ3v) is 3.70. The Hall–Kier alpha value is -1.59. The van der Waals surface area contributed by atoms with Gasteiger partial charge in [0.2, 0.25) is 0 Å². The summed E-state index contributed by atoms with van der Waals surface area (Å²) in [5, 5.41) is 18.3. The Kier molecular flexibility index (Phi) is 4.55. The lowest BCUT2D eigenvalue weighted by molar-refractivity contribution is 0.295. The molecule has 1 N–H and O–H groups in total. The summed E-state index contributed by atoms with van der Waals surface area (Å²) >= 11 is 0. The molecule has 0 heterocycles. The smallest absolute Gasteiger partial charge is 0.0991 e. The highest BCUT2D eigenvalue weighted by atomic mass is 16.3. The Morgan fingerprint density at radius 3 is 2.44 bits per heavy atom. The summed E-state index contributed by atoms with van der Waals surface area (Å²) in [5.74, 6) is 0.541. The number of hydrogen-bond donors (Lipinski definition) is 1. The van der Waals surface area contributed by atoms with Crippen molar-refractivity contribution >= 4 is 6.08 Å². The fourth-order valence-corrected chi connectivity index (χ4v) is 2.63. The van der Waals surface area contributed by atoms with Gasteiger partial charge in [0.05, 0.1) is 18.2 Å². The second-order valence-electron chi connectivity index (χ2n) is 4.95. The van der Waals surface area contributed by atoms with Crippen LogP contribution in [0.5, 0.6) is 0 Å². The van der Waals surface area contributed by atoms with Gasteiger partial charge in [-0.05, 0) is 42.0 Å². The van der Waals surface area contributed by atoms with E-state index in [0.717, 1.165) is 11.1 Å². The maximum absolute atomic E-state index is 9.52. The highest BCUT2D eigenvalue weighted by Crippen LogP contribution is 2.30. The zero-order chi connectivity index (χ0) is 12.8. The molecule has 0 unspecified atom stereocenters. The first-order valence-corrected chi connectivity index (χ1v) is 6.65. The van der Waals surface area contributed by atoms with Crippen molar-refractivity contribution in [2.24, 2.45) is 5.92 Å². The highest BCUT2D eigenvalue weighted by Gasteiger charge is 2.16. The molecule has 1 saturated carbocycles. The molecule has 2 heteroatoms. The van der Waals surface area contributed by atoms with Crippen LogP contribution in [0.3, 0.4) is 0 Å². The summed E-state index contributed by atoms with van der Waals surface area (Å²) in [4.78, 5) is 0. The van der Waals surface area contributed by atoms with Gasteiger partial charge in [-0.2, -0.15) is 5.26 Å². The fraction of sp³-hybridized carbons (Fsp3) is 0.438. The van der Waals surface area contributed by atoms with Crippen molar-refractivity contribution < 1.29 is 5.11 Å². The molecule has 1 fully saturated rings. The second kappa shape index (κ2) is 6.37. The van der Waals surface area contributed by atoms with E-state index in [1.807, 2.05) is 24.3 Å². The third kappa shape index (κ3) is 3.21. The Bertz CT molecular complexity index is 447. The molecular weight excluding hydrogens is 222 g/mol.